The highest BCUT2D eigenvalue weighted by molar-refractivity contribution is 5.96. The van der Waals surface area contributed by atoms with Crippen molar-refractivity contribution in [3.8, 4) is 34.0 Å². The highest BCUT2D eigenvalue weighted by Gasteiger charge is 2.22. The number of carboxylic acid groups (broad SMARTS) is 1. The molecule has 42 heavy (non-hydrogen) atoms. The van der Waals surface area contributed by atoms with Crippen LogP contribution in [0, 0.1) is 6.92 Å². The lowest BCUT2D eigenvalue weighted by atomic mass is 9.86. The van der Waals surface area contributed by atoms with Crippen LogP contribution in [-0.4, -0.2) is 33.2 Å². The molecule has 0 saturated heterocycles. The quantitative estimate of drug-likeness (QED) is 0.210. The van der Waals surface area contributed by atoms with Crippen LogP contribution in [0.4, 0.5) is 0 Å². The molecule has 1 atom stereocenters. The lowest BCUT2D eigenvalue weighted by molar-refractivity contribution is -0.139. The smallest absolute Gasteiger partial charge is 0.326 e. The Morgan fingerprint density at radius 1 is 0.786 bits per heavy atom. The minimum atomic E-state index is -1.10. The molecule has 0 fully saturated rings. The summed E-state index contributed by atoms with van der Waals surface area (Å²) in [7, 11) is 0. The van der Waals surface area contributed by atoms with Gasteiger partial charge in [0, 0.05) is 23.1 Å². The predicted molar refractivity (Wildman–Crippen MR) is 163 cm³/mol. The third-order valence-electron chi connectivity index (χ3n) is 7.21. The van der Waals surface area contributed by atoms with Crippen molar-refractivity contribution in [2.24, 2.45) is 0 Å². The Morgan fingerprint density at radius 2 is 1.33 bits per heavy atom. The molecule has 0 aliphatic carbocycles. The zero-order chi connectivity index (χ0) is 29.9. The normalized spacial score (nSPS) is 12.1. The fourth-order valence-electron chi connectivity index (χ4n) is 4.60. The van der Waals surface area contributed by atoms with E-state index in [2.05, 4.69) is 67.4 Å². The van der Waals surface area contributed by atoms with E-state index >= 15 is 0 Å². The minimum Gasteiger partial charge on any atom is -0.480 e. The summed E-state index contributed by atoms with van der Waals surface area (Å²) in [6.45, 7) is 8.35. The molecule has 0 spiro atoms. The second kappa shape index (κ2) is 11.8. The van der Waals surface area contributed by atoms with Gasteiger partial charge in [0.15, 0.2) is 0 Å². The highest BCUT2D eigenvalue weighted by atomic mass is 16.5. The maximum Gasteiger partial charge on any atom is 0.326 e. The van der Waals surface area contributed by atoms with E-state index in [1.165, 1.54) is 5.56 Å². The molecule has 212 valence electrons. The van der Waals surface area contributed by atoms with Crippen LogP contribution in [0.15, 0.2) is 102 Å². The first-order chi connectivity index (χ1) is 20.1. The fraction of sp³-hybridized carbons (Fsp3) is 0.200. The van der Waals surface area contributed by atoms with Crippen LogP contribution in [-0.2, 0) is 16.6 Å². The van der Waals surface area contributed by atoms with Gasteiger partial charge in [0.05, 0.1) is 0 Å². The van der Waals surface area contributed by atoms with Gasteiger partial charge in [-0.05, 0) is 58.9 Å². The van der Waals surface area contributed by atoms with Gasteiger partial charge in [-0.15, -0.1) is 0 Å². The molecule has 0 bridgehead atoms. The van der Waals surface area contributed by atoms with E-state index < -0.39 is 17.9 Å². The van der Waals surface area contributed by atoms with Crippen molar-refractivity contribution in [1.29, 1.82) is 0 Å². The number of hydrogen-bond acceptors (Lipinski definition) is 5. The van der Waals surface area contributed by atoms with E-state index in [1.54, 1.807) is 12.1 Å². The SMILES string of the molecule is Cc1ccc(-c2ccc(-c3nc(-c4ccc(C[C@H](NC(=O)c5ccc(C(C)(C)C)cc5)C(=O)O)cc4)no3)cc2)cc1. The molecular formula is C35H33N3O4. The zero-order valence-electron chi connectivity index (χ0n) is 24.1. The van der Waals surface area contributed by atoms with Crippen molar-refractivity contribution in [3.63, 3.8) is 0 Å². The van der Waals surface area contributed by atoms with E-state index in [9.17, 15) is 14.7 Å². The van der Waals surface area contributed by atoms with Gasteiger partial charge < -0.3 is 14.9 Å². The molecule has 1 amide bonds. The van der Waals surface area contributed by atoms with Gasteiger partial charge in [0.2, 0.25) is 5.82 Å². The van der Waals surface area contributed by atoms with Gasteiger partial charge in [-0.1, -0.05) is 104 Å². The average Bonchev–Trinajstić information content (AvgIpc) is 3.48. The van der Waals surface area contributed by atoms with E-state index in [0.29, 0.717) is 17.3 Å². The fourth-order valence-corrected chi connectivity index (χ4v) is 4.60. The molecule has 1 heterocycles. The van der Waals surface area contributed by atoms with E-state index in [1.807, 2.05) is 60.7 Å². The third-order valence-corrected chi connectivity index (χ3v) is 7.21. The summed E-state index contributed by atoms with van der Waals surface area (Å²) in [5, 5.41) is 16.5. The number of aryl methyl sites for hydroxylation is 1. The number of aromatic nitrogens is 2. The van der Waals surface area contributed by atoms with E-state index in [4.69, 9.17) is 4.52 Å². The summed E-state index contributed by atoms with van der Waals surface area (Å²) in [4.78, 5) is 29.3. The lowest BCUT2D eigenvalue weighted by Gasteiger charge is -2.19. The minimum absolute atomic E-state index is 0.0403. The van der Waals surface area contributed by atoms with Crippen molar-refractivity contribution in [3.05, 3.63) is 119 Å². The van der Waals surface area contributed by atoms with Crippen LogP contribution >= 0.6 is 0 Å². The molecule has 0 unspecified atom stereocenters. The van der Waals surface area contributed by atoms with E-state index in [-0.39, 0.29) is 11.8 Å². The summed E-state index contributed by atoms with van der Waals surface area (Å²) in [6.07, 6.45) is 0.131. The monoisotopic (exact) mass is 559 g/mol. The number of nitrogens with one attached hydrogen (secondary N) is 1. The van der Waals surface area contributed by atoms with Crippen LogP contribution in [0.5, 0.6) is 0 Å². The van der Waals surface area contributed by atoms with E-state index in [0.717, 1.165) is 33.4 Å². The molecule has 0 aliphatic heterocycles. The van der Waals surface area contributed by atoms with Crippen molar-refractivity contribution in [2.45, 2.75) is 45.6 Å². The van der Waals surface area contributed by atoms with Crippen molar-refractivity contribution in [1.82, 2.24) is 15.5 Å². The molecule has 4 aromatic carbocycles. The first-order valence-corrected chi connectivity index (χ1v) is 13.8. The first-order valence-electron chi connectivity index (χ1n) is 13.8. The van der Waals surface area contributed by atoms with Crippen LogP contribution in [0.3, 0.4) is 0 Å². The predicted octanol–water partition coefficient (Wildman–Crippen LogP) is 7.10. The number of benzene rings is 4. The molecule has 5 rings (SSSR count). The van der Waals surface area contributed by atoms with Gasteiger partial charge in [-0.25, -0.2) is 4.79 Å². The Kier molecular flexibility index (Phi) is 8.02. The number of nitrogens with zero attached hydrogens (tertiary/aromatic N) is 2. The zero-order valence-corrected chi connectivity index (χ0v) is 24.1. The standard InChI is InChI=1S/C35H33N3O4/c1-22-5-9-24(10-6-22)25-13-15-28(16-14-25)33-37-31(38-42-33)26-11-7-23(8-12-26)21-30(34(40)41)36-32(39)27-17-19-29(20-18-27)35(2,3)4/h5-20,30H,21H2,1-4H3,(H,36,39)(H,40,41)/t30-/m0/s1. The van der Waals surface area contributed by atoms with Crippen molar-refractivity contribution >= 4 is 11.9 Å². The molecule has 0 aliphatic rings. The number of carbonyl (C=O) groups excluding carboxylic acids is 1. The Hall–Kier alpha value is -5.04. The number of amides is 1. The van der Waals surface area contributed by atoms with Crippen molar-refractivity contribution in [2.75, 3.05) is 0 Å². The highest BCUT2D eigenvalue weighted by Crippen LogP contribution is 2.27. The Bertz CT molecular complexity index is 1680. The molecule has 2 N–H and O–H groups in total. The molecular weight excluding hydrogens is 526 g/mol. The summed E-state index contributed by atoms with van der Waals surface area (Å²) < 4.78 is 5.52. The Morgan fingerprint density at radius 3 is 1.90 bits per heavy atom. The van der Waals surface area contributed by atoms with Gasteiger partial charge in [-0.2, -0.15) is 4.98 Å². The summed E-state index contributed by atoms with van der Waals surface area (Å²) in [6, 6.07) is 29.7. The van der Waals surface area contributed by atoms with Gasteiger partial charge in [-0.3, -0.25) is 4.79 Å². The number of carbonyl (C=O) groups is 2. The first kappa shape index (κ1) is 28.5. The molecule has 0 radical (unpaired) electrons. The maximum absolute atomic E-state index is 12.8. The summed E-state index contributed by atoms with van der Waals surface area (Å²) in [5.41, 5.74) is 7.23. The van der Waals surface area contributed by atoms with Gasteiger partial charge in [0.25, 0.3) is 11.8 Å². The van der Waals surface area contributed by atoms with Crippen LogP contribution in [0.1, 0.15) is 47.8 Å². The van der Waals surface area contributed by atoms with Crippen molar-refractivity contribution < 1.29 is 19.2 Å². The molecule has 1 aromatic heterocycles. The van der Waals surface area contributed by atoms with Crippen LogP contribution in [0.25, 0.3) is 34.0 Å². The average molecular weight is 560 g/mol. The second-order valence-corrected chi connectivity index (χ2v) is 11.5. The molecule has 7 heteroatoms. The lowest BCUT2D eigenvalue weighted by Crippen LogP contribution is -2.42. The number of aliphatic carboxylic acids is 1. The second-order valence-electron chi connectivity index (χ2n) is 11.5. The van der Waals surface area contributed by atoms with Gasteiger partial charge >= 0.3 is 5.97 Å². The number of carboxylic acids is 1. The topological polar surface area (TPSA) is 105 Å². The summed E-state index contributed by atoms with van der Waals surface area (Å²) in [5.74, 6) is -0.685. The Labute approximate surface area is 245 Å². The van der Waals surface area contributed by atoms with Crippen LogP contribution < -0.4 is 5.32 Å². The van der Waals surface area contributed by atoms with Gasteiger partial charge in [0.1, 0.15) is 6.04 Å². The number of hydrogen-bond donors (Lipinski definition) is 2. The summed E-state index contributed by atoms with van der Waals surface area (Å²) >= 11 is 0. The third kappa shape index (κ3) is 6.63. The molecule has 7 nitrogen and oxygen atoms in total. The Balaban J connectivity index is 1.23. The maximum atomic E-state index is 12.8. The number of rotatable bonds is 8. The molecule has 5 aromatic rings. The molecule has 0 saturated carbocycles. The van der Waals surface area contributed by atoms with Crippen LogP contribution in [0.2, 0.25) is 0 Å². The largest absolute Gasteiger partial charge is 0.480 e.